The molecule has 0 radical (unpaired) electrons. The summed E-state index contributed by atoms with van der Waals surface area (Å²) in [5.74, 6) is -5.17. The zero-order valence-corrected chi connectivity index (χ0v) is 13.7. The standard InChI is InChI=1S/C14H11F3N2O6S/c1-6-9(12(20)21)10(11(13(22)23)19-18-6)7-4-2-3-5-8(7)26(24,25)14(15,16)17/h2-5,10,18H,1H3,(H,20,21)(H,22,23). The van der Waals surface area contributed by atoms with Gasteiger partial charge in [0.1, 0.15) is 0 Å². The fraction of sp³-hybridized carbons (Fsp3) is 0.214. The summed E-state index contributed by atoms with van der Waals surface area (Å²) in [6.45, 7) is 1.22. The van der Waals surface area contributed by atoms with E-state index in [2.05, 4.69) is 10.5 Å². The van der Waals surface area contributed by atoms with Crippen molar-refractivity contribution in [3.8, 4) is 0 Å². The van der Waals surface area contributed by atoms with E-state index < -0.39 is 54.9 Å². The number of aliphatic carboxylic acids is 2. The fourth-order valence-corrected chi connectivity index (χ4v) is 3.47. The molecule has 1 aliphatic rings. The first kappa shape index (κ1) is 19.4. The van der Waals surface area contributed by atoms with Gasteiger partial charge in [0.15, 0.2) is 5.71 Å². The van der Waals surface area contributed by atoms with Crippen LogP contribution in [0.1, 0.15) is 18.4 Å². The van der Waals surface area contributed by atoms with Gasteiger partial charge in [-0.3, -0.25) is 5.43 Å². The average molecular weight is 392 g/mol. The topological polar surface area (TPSA) is 133 Å². The molecule has 0 saturated carbocycles. The van der Waals surface area contributed by atoms with Crippen LogP contribution in [0.2, 0.25) is 0 Å². The number of rotatable bonds is 4. The van der Waals surface area contributed by atoms with Gasteiger partial charge in [-0.05, 0) is 18.6 Å². The van der Waals surface area contributed by atoms with Gasteiger partial charge >= 0.3 is 17.4 Å². The predicted molar refractivity (Wildman–Crippen MR) is 81.0 cm³/mol. The maximum absolute atomic E-state index is 13.0. The highest BCUT2D eigenvalue weighted by atomic mass is 32.2. The van der Waals surface area contributed by atoms with Crippen molar-refractivity contribution in [1.82, 2.24) is 5.43 Å². The van der Waals surface area contributed by atoms with Crippen LogP contribution in [-0.2, 0) is 19.4 Å². The zero-order valence-electron chi connectivity index (χ0n) is 12.9. The van der Waals surface area contributed by atoms with E-state index in [1.165, 1.54) is 13.0 Å². The number of sulfone groups is 1. The Labute approximate surface area is 144 Å². The molecule has 0 bridgehead atoms. The van der Waals surface area contributed by atoms with Crippen molar-refractivity contribution in [3.05, 3.63) is 41.1 Å². The molecule has 1 heterocycles. The average Bonchev–Trinajstić information content (AvgIpc) is 2.52. The van der Waals surface area contributed by atoms with Crippen LogP contribution in [0.3, 0.4) is 0 Å². The van der Waals surface area contributed by atoms with E-state index in [1.54, 1.807) is 0 Å². The molecule has 1 aromatic carbocycles. The second-order valence-electron chi connectivity index (χ2n) is 5.18. The van der Waals surface area contributed by atoms with E-state index in [0.717, 1.165) is 12.1 Å². The molecule has 2 rings (SSSR count). The van der Waals surface area contributed by atoms with E-state index in [0.29, 0.717) is 6.07 Å². The molecule has 0 aromatic heterocycles. The number of hydrogen-bond acceptors (Lipinski definition) is 6. The molecule has 1 aliphatic heterocycles. The smallest absolute Gasteiger partial charge is 0.478 e. The third-order valence-electron chi connectivity index (χ3n) is 3.58. The summed E-state index contributed by atoms with van der Waals surface area (Å²) in [6.07, 6.45) is 0. The summed E-state index contributed by atoms with van der Waals surface area (Å²) in [7, 11) is -5.86. The van der Waals surface area contributed by atoms with Gasteiger partial charge < -0.3 is 10.2 Å². The summed E-state index contributed by atoms with van der Waals surface area (Å²) in [5.41, 5.74) is -5.74. The van der Waals surface area contributed by atoms with Gasteiger partial charge in [-0.1, -0.05) is 18.2 Å². The molecule has 0 fully saturated rings. The molecule has 1 atom stereocenters. The lowest BCUT2D eigenvalue weighted by Crippen LogP contribution is -2.35. The quantitative estimate of drug-likeness (QED) is 0.706. The van der Waals surface area contributed by atoms with Crippen LogP contribution in [0.4, 0.5) is 13.2 Å². The summed E-state index contributed by atoms with van der Waals surface area (Å²) >= 11 is 0. The largest absolute Gasteiger partial charge is 0.501 e. The Hall–Kier alpha value is -2.89. The van der Waals surface area contributed by atoms with Crippen molar-refractivity contribution in [2.75, 3.05) is 0 Å². The molecule has 8 nitrogen and oxygen atoms in total. The van der Waals surface area contributed by atoms with Gasteiger partial charge in [0, 0.05) is 5.70 Å². The summed E-state index contributed by atoms with van der Waals surface area (Å²) in [5, 5.41) is 22.1. The number of hydrazone groups is 1. The molecule has 0 aliphatic carbocycles. The molecule has 26 heavy (non-hydrogen) atoms. The Morgan fingerprint density at radius 1 is 1.15 bits per heavy atom. The van der Waals surface area contributed by atoms with Crippen LogP contribution in [-0.4, -0.2) is 41.8 Å². The third kappa shape index (κ3) is 3.14. The number of nitrogens with one attached hydrogen (secondary N) is 1. The number of allylic oxidation sites excluding steroid dienone is 1. The van der Waals surface area contributed by atoms with E-state index in [4.69, 9.17) is 0 Å². The molecule has 1 aromatic rings. The minimum Gasteiger partial charge on any atom is -0.478 e. The maximum Gasteiger partial charge on any atom is 0.501 e. The number of hydrogen-bond donors (Lipinski definition) is 3. The van der Waals surface area contributed by atoms with Crippen LogP contribution >= 0.6 is 0 Å². The monoisotopic (exact) mass is 392 g/mol. The molecule has 0 amide bonds. The highest BCUT2D eigenvalue weighted by Gasteiger charge is 2.49. The molecule has 1 unspecified atom stereocenters. The Bertz CT molecular complexity index is 950. The minimum absolute atomic E-state index is 0.133. The van der Waals surface area contributed by atoms with Gasteiger partial charge in [-0.2, -0.15) is 18.3 Å². The summed E-state index contributed by atoms with van der Waals surface area (Å²) in [6, 6.07) is 3.73. The van der Waals surface area contributed by atoms with Crippen LogP contribution in [0.15, 0.2) is 45.5 Å². The van der Waals surface area contributed by atoms with E-state index in [-0.39, 0.29) is 5.70 Å². The zero-order chi connectivity index (χ0) is 19.9. The maximum atomic E-state index is 13.0. The lowest BCUT2D eigenvalue weighted by Gasteiger charge is -2.26. The lowest BCUT2D eigenvalue weighted by molar-refractivity contribution is -0.132. The van der Waals surface area contributed by atoms with Crippen LogP contribution < -0.4 is 5.43 Å². The number of carboxylic acids is 2. The van der Waals surface area contributed by atoms with Crippen molar-refractivity contribution >= 4 is 27.5 Å². The van der Waals surface area contributed by atoms with E-state index in [9.17, 15) is 41.4 Å². The highest BCUT2D eigenvalue weighted by molar-refractivity contribution is 7.92. The molecular weight excluding hydrogens is 381 g/mol. The van der Waals surface area contributed by atoms with Crippen LogP contribution in [0.5, 0.6) is 0 Å². The number of halogens is 3. The number of nitrogens with zero attached hydrogens (tertiary/aromatic N) is 1. The molecule has 3 N–H and O–H groups in total. The van der Waals surface area contributed by atoms with Crippen LogP contribution in [0.25, 0.3) is 0 Å². The van der Waals surface area contributed by atoms with E-state index in [1.807, 2.05) is 0 Å². The molecular formula is C14H11F3N2O6S. The van der Waals surface area contributed by atoms with Crippen molar-refractivity contribution in [2.45, 2.75) is 23.2 Å². The Morgan fingerprint density at radius 2 is 1.73 bits per heavy atom. The molecule has 0 spiro atoms. The second-order valence-corrected chi connectivity index (χ2v) is 7.09. The SMILES string of the molecule is CC1=C(C(=O)O)C(c2ccccc2S(=O)(=O)C(F)(F)F)C(C(=O)O)=NN1. The fourth-order valence-electron chi connectivity index (χ4n) is 2.47. The summed E-state index contributed by atoms with van der Waals surface area (Å²) in [4.78, 5) is 21.7. The lowest BCUT2D eigenvalue weighted by atomic mass is 9.85. The summed E-state index contributed by atoms with van der Waals surface area (Å²) < 4.78 is 62.7. The van der Waals surface area contributed by atoms with Gasteiger partial charge in [-0.15, -0.1) is 0 Å². The molecule has 12 heteroatoms. The molecule has 140 valence electrons. The number of carbonyl (C=O) groups is 2. The molecule has 0 saturated heterocycles. The Balaban J connectivity index is 2.84. The normalized spacial score (nSPS) is 18.2. The first-order valence-corrected chi connectivity index (χ1v) is 8.29. The third-order valence-corrected chi connectivity index (χ3v) is 5.14. The Morgan fingerprint density at radius 3 is 2.23 bits per heavy atom. The minimum atomic E-state index is -5.86. The first-order valence-electron chi connectivity index (χ1n) is 6.80. The second kappa shape index (κ2) is 6.44. The van der Waals surface area contributed by atoms with Gasteiger partial charge in [0.25, 0.3) is 9.84 Å². The van der Waals surface area contributed by atoms with Gasteiger partial charge in [0.2, 0.25) is 0 Å². The first-order chi connectivity index (χ1) is 11.9. The predicted octanol–water partition coefficient (Wildman–Crippen LogP) is 1.47. The number of benzene rings is 1. The number of alkyl halides is 3. The van der Waals surface area contributed by atoms with Crippen molar-refractivity contribution in [1.29, 1.82) is 0 Å². The van der Waals surface area contributed by atoms with Crippen LogP contribution in [0, 0.1) is 0 Å². The van der Waals surface area contributed by atoms with Gasteiger partial charge in [0.05, 0.1) is 16.4 Å². The Kier molecular flexibility index (Phi) is 4.82. The van der Waals surface area contributed by atoms with Crippen molar-refractivity contribution in [3.63, 3.8) is 0 Å². The van der Waals surface area contributed by atoms with Crippen molar-refractivity contribution in [2.24, 2.45) is 5.10 Å². The highest BCUT2D eigenvalue weighted by Crippen LogP contribution is 2.39. The van der Waals surface area contributed by atoms with E-state index >= 15 is 0 Å². The van der Waals surface area contributed by atoms with Gasteiger partial charge in [-0.25, -0.2) is 18.0 Å². The number of carboxylic acid groups (broad SMARTS) is 2. The van der Waals surface area contributed by atoms with Crippen molar-refractivity contribution < 1.29 is 41.4 Å².